The highest BCUT2D eigenvalue weighted by atomic mass is 16.6. The monoisotopic (exact) mass is 447 g/mol. The van der Waals surface area contributed by atoms with Gasteiger partial charge in [0.2, 0.25) is 0 Å². The van der Waals surface area contributed by atoms with Gasteiger partial charge in [0.25, 0.3) is 0 Å². The molecule has 2 saturated carbocycles. The molecule has 32 heavy (non-hydrogen) atoms. The number of amides is 1. The van der Waals surface area contributed by atoms with Gasteiger partial charge in [0.05, 0.1) is 20.3 Å². The van der Waals surface area contributed by atoms with E-state index in [4.69, 9.17) is 18.9 Å². The predicted molar refractivity (Wildman–Crippen MR) is 116 cm³/mol. The summed E-state index contributed by atoms with van der Waals surface area (Å²) >= 11 is 0. The van der Waals surface area contributed by atoms with Crippen molar-refractivity contribution < 1.29 is 33.3 Å². The van der Waals surface area contributed by atoms with Crippen LogP contribution in [0.5, 0.6) is 5.75 Å². The largest absolute Gasteiger partial charge is 0.497 e. The second kappa shape index (κ2) is 9.90. The van der Waals surface area contributed by atoms with Gasteiger partial charge in [-0.15, -0.1) is 0 Å². The summed E-state index contributed by atoms with van der Waals surface area (Å²) in [4.78, 5) is 37.2. The number of nitrogens with one attached hydrogen (secondary N) is 1. The molecule has 0 spiro atoms. The molecule has 3 rings (SSSR count). The van der Waals surface area contributed by atoms with Crippen LogP contribution in [0.2, 0.25) is 0 Å². The zero-order chi connectivity index (χ0) is 23.4. The maximum Gasteiger partial charge on any atom is 0.408 e. The van der Waals surface area contributed by atoms with Gasteiger partial charge in [-0.2, -0.15) is 0 Å². The molecule has 0 bridgehead atoms. The molecule has 1 unspecified atom stereocenters. The standard InChI is InChI=1S/C24H33NO7/c1-23(2,3)32-22(28)25-20(21(27)31-14-19(26)17-7-8-17)24(11-12-24)15-30-13-16-5-9-18(29-4)10-6-16/h5-6,9-10,17,20H,7-8,11-15H2,1-4H3,(H,25,28). The molecule has 0 heterocycles. The number of rotatable bonds is 11. The van der Waals surface area contributed by atoms with Gasteiger partial charge < -0.3 is 24.3 Å². The first-order valence-electron chi connectivity index (χ1n) is 11.0. The van der Waals surface area contributed by atoms with Gasteiger partial charge in [0.1, 0.15) is 24.0 Å². The lowest BCUT2D eigenvalue weighted by atomic mass is 9.97. The molecule has 2 aliphatic carbocycles. The lowest BCUT2D eigenvalue weighted by Crippen LogP contribution is -2.51. The van der Waals surface area contributed by atoms with E-state index in [1.54, 1.807) is 27.9 Å². The molecule has 8 nitrogen and oxygen atoms in total. The number of esters is 1. The van der Waals surface area contributed by atoms with Crippen LogP contribution in [-0.4, -0.2) is 49.8 Å². The fraction of sp³-hybridized carbons (Fsp3) is 0.625. The van der Waals surface area contributed by atoms with E-state index in [-0.39, 0.29) is 24.9 Å². The van der Waals surface area contributed by atoms with E-state index in [1.807, 2.05) is 24.3 Å². The lowest BCUT2D eigenvalue weighted by molar-refractivity contribution is -0.153. The van der Waals surface area contributed by atoms with Crippen LogP contribution in [0.25, 0.3) is 0 Å². The van der Waals surface area contributed by atoms with E-state index in [2.05, 4.69) is 5.32 Å². The Bertz CT molecular complexity index is 820. The number of alkyl carbamates (subject to hydrolysis) is 1. The topological polar surface area (TPSA) is 100 Å². The average molecular weight is 448 g/mol. The summed E-state index contributed by atoms with van der Waals surface area (Å²) in [7, 11) is 1.61. The fourth-order valence-electron chi connectivity index (χ4n) is 3.41. The molecular weight excluding hydrogens is 414 g/mol. The average Bonchev–Trinajstić information content (AvgIpc) is 3.64. The van der Waals surface area contributed by atoms with E-state index in [0.29, 0.717) is 19.4 Å². The second-order valence-corrected chi connectivity index (χ2v) is 9.63. The molecule has 1 aromatic rings. The number of ketones is 1. The molecule has 0 saturated heterocycles. The highest BCUT2D eigenvalue weighted by Gasteiger charge is 2.54. The summed E-state index contributed by atoms with van der Waals surface area (Å²) in [5.41, 5.74) is -0.318. The van der Waals surface area contributed by atoms with E-state index < -0.39 is 29.1 Å². The number of Topliss-reactive ketones (excluding diaryl/α,β-unsaturated/α-hetero) is 1. The Balaban J connectivity index is 1.61. The van der Waals surface area contributed by atoms with Crippen molar-refractivity contribution in [1.82, 2.24) is 5.32 Å². The van der Waals surface area contributed by atoms with Crippen LogP contribution in [0, 0.1) is 11.3 Å². The molecule has 176 valence electrons. The Morgan fingerprint density at radius 1 is 1.12 bits per heavy atom. The maximum atomic E-state index is 12.9. The Hall–Kier alpha value is -2.61. The molecule has 0 aromatic heterocycles. The summed E-state index contributed by atoms with van der Waals surface area (Å²) in [6.07, 6.45) is 2.39. The van der Waals surface area contributed by atoms with Crippen LogP contribution in [0.15, 0.2) is 24.3 Å². The third-order valence-corrected chi connectivity index (χ3v) is 5.61. The minimum Gasteiger partial charge on any atom is -0.497 e. The first kappa shape index (κ1) is 24.0. The maximum absolute atomic E-state index is 12.9. The van der Waals surface area contributed by atoms with Crippen molar-refractivity contribution in [2.75, 3.05) is 20.3 Å². The number of benzene rings is 1. The van der Waals surface area contributed by atoms with Crippen LogP contribution in [0.1, 0.15) is 52.0 Å². The molecule has 2 aliphatic rings. The van der Waals surface area contributed by atoms with Crippen molar-refractivity contribution in [1.29, 1.82) is 0 Å². The zero-order valence-corrected chi connectivity index (χ0v) is 19.3. The minimum atomic E-state index is -0.944. The molecule has 1 aromatic carbocycles. The van der Waals surface area contributed by atoms with Gasteiger partial charge in [0, 0.05) is 11.3 Å². The highest BCUT2D eigenvalue weighted by molar-refractivity contribution is 5.88. The summed E-state index contributed by atoms with van der Waals surface area (Å²) in [5.74, 6) is 0.0608. The number of hydrogen-bond donors (Lipinski definition) is 1. The first-order chi connectivity index (χ1) is 15.1. The smallest absolute Gasteiger partial charge is 0.408 e. The van der Waals surface area contributed by atoms with Crippen LogP contribution in [-0.2, 0) is 30.4 Å². The van der Waals surface area contributed by atoms with Crippen molar-refractivity contribution >= 4 is 17.8 Å². The molecule has 0 radical (unpaired) electrons. The van der Waals surface area contributed by atoms with Crippen LogP contribution < -0.4 is 10.1 Å². The van der Waals surface area contributed by atoms with Crippen LogP contribution in [0.4, 0.5) is 4.79 Å². The van der Waals surface area contributed by atoms with Crippen molar-refractivity contribution in [3.8, 4) is 5.75 Å². The normalized spacial score (nSPS) is 17.8. The first-order valence-corrected chi connectivity index (χ1v) is 11.0. The minimum absolute atomic E-state index is 0.00257. The van der Waals surface area contributed by atoms with Gasteiger partial charge in [0.15, 0.2) is 5.78 Å². The molecule has 0 aliphatic heterocycles. The van der Waals surface area contributed by atoms with Gasteiger partial charge in [-0.05, 0) is 64.2 Å². The number of ether oxygens (including phenoxy) is 4. The van der Waals surface area contributed by atoms with Crippen molar-refractivity contribution in [3.63, 3.8) is 0 Å². The Labute approximate surface area is 188 Å². The molecule has 1 atom stereocenters. The second-order valence-electron chi connectivity index (χ2n) is 9.63. The number of hydrogen-bond acceptors (Lipinski definition) is 7. The zero-order valence-electron chi connectivity index (χ0n) is 19.3. The third kappa shape index (κ3) is 6.95. The number of carbonyl (C=O) groups excluding carboxylic acids is 3. The Morgan fingerprint density at radius 2 is 1.78 bits per heavy atom. The molecule has 2 fully saturated rings. The Kier molecular flexibility index (Phi) is 7.44. The molecule has 8 heteroatoms. The van der Waals surface area contributed by atoms with Crippen molar-refractivity contribution in [3.05, 3.63) is 29.8 Å². The lowest BCUT2D eigenvalue weighted by Gasteiger charge is -2.28. The fourth-order valence-corrected chi connectivity index (χ4v) is 3.41. The van der Waals surface area contributed by atoms with Crippen LogP contribution >= 0.6 is 0 Å². The number of methoxy groups -OCH3 is 1. The SMILES string of the molecule is COc1ccc(COCC2(C(NC(=O)OC(C)(C)C)C(=O)OCC(=O)C3CC3)CC2)cc1. The van der Waals surface area contributed by atoms with Gasteiger partial charge in [-0.25, -0.2) is 9.59 Å². The molecule has 1 N–H and O–H groups in total. The van der Waals surface area contributed by atoms with E-state index in [0.717, 1.165) is 24.2 Å². The van der Waals surface area contributed by atoms with E-state index in [1.165, 1.54) is 0 Å². The predicted octanol–water partition coefficient (Wildman–Crippen LogP) is 3.41. The third-order valence-electron chi connectivity index (χ3n) is 5.61. The number of carbonyl (C=O) groups is 3. The van der Waals surface area contributed by atoms with Crippen molar-refractivity contribution in [2.24, 2.45) is 11.3 Å². The summed E-state index contributed by atoms with van der Waals surface area (Å²) in [5, 5.41) is 2.66. The van der Waals surface area contributed by atoms with Gasteiger partial charge in [-0.3, -0.25) is 4.79 Å². The molecular formula is C24H33NO7. The van der Waals surface area contributed by atoms with Gasteiger partial charge in [-0.1, -0.05) is 12.1 Å². The van der Waals surface area contributed by atoms with Crippen LogP contribution in [0.3, 0.4) is 0 Å². The summed E-state index contributed by atoms with van der Waals surface area (Å²) in [6.45, 7) is 5.61. The molecule has 1 amide bonds. The quantitative estimate of drug-likeness (QED) is 0.519. The Morgan fingerprint density at radius 3 is 2.31 bits per heavy atom. The van der Waals surface area contributed by atoms with E-state index >= 15 is 0 Å². The van der Waals surface area contributed by atoms with Crippen molar-refractivity contribution in [2.45, 2.75) is 64.7 Å². The highest BCUT2D eigenvalue weighted by Crippen LogP contribution is 2.49. The van der Waals surface area contributed by atoms with E-state index in [9.17, 15) is 14.4 Å². The summed E-state index contributed by atoms with van der Waals surface area (Å²) < 4.78 is 21.7. The van der Waals surface area contributed by atoms with Gasteiger partial charge >= 0.3 is 12.1 Å². The summed E-state index contributed by atoms with van der Waals surface area (Å²) in [6, 6.07) is 6.58.